The van der Waals surface area contributed by atoms with Crippen LogP contribution in [0.5, 0.6) is 23.0 Å². The lowest BCUT2D eigenvalue weighted by molar-refractivity contribution is 0.0852. The number of fused-ring (bicyclic) bond motifs is 1. The summed E-state index contributed by atoms with van der Waals surface area (Å²) in [6.45, 7) is 0.0775. The summed E-state index contributed by atoms with van der Waals surface area (Å²) in [5, 5.41) is 12.9. The predicted molar refractivity (Wildman–Crippen MR) is 73.4 cm³/mol. The van der Waals surface area contributed by atoms with E-state index in [0.717, 1.165) is 5.56 Å². The van der Waals surface area contributed by atoms with Gasteiger partial charge in [0, 0.05) is 18.4 Å². The molecule has 2 aliphatic rings. The average Bonchev–Trinajstić information content (AvgIpc) is 3.14. The molecule has 1 aromatic carbocycles. The zero-order valence-electron chi connectivity index (χ0n) is 11.9. The molecule has 1 N–H and O–H groups in total. The summed E-state index contributed by atoms with van der Waals surface area (Å²) in [6, 6.07) is 1.87. The van der Waals surface area contributed by atoms with Gasteiger partial charge in [-0.25, -0.2) is 0 Å². The maximum Gasteiger partial charge on any atom is 0.231 e. The van der Waals surface area contributed by atoms with Crippen molar-refractivity contribution in [3.05, 3.63) is 11.6 Å². The van der Waals surface area contributed by atoms with Crippen molar-refractivity contribution >= 4 is 5.71 Å². The third-order valence-corrected chi connectivity index (χ3v) is 3.48. The van der Waals surface area contributed by atoms with Gasteiger partial charge in [0.1, 0.15) is 6.10 Å². The average molecular weight is 295 g/mol. The summed E-state index contributed by atoms with van der Waals surface area (Å²) < 4.78 is 21.7. The molecule has 7 nitrogen and oxygen atoms in total. The minimum Gasteiger partial charge on any atom is -0.492 e. The van der Waals surface area contributed by atoms with Crippen LogP contribution in [0.25, 0.3) is 0 Å². The van der Waals surface area contributed by atoms with E-state index in [4.69, 9.17) is 28.9 Å². The molecular weight excluding hydrogens is 278 g/mol. The fourth-order valence-electron chi connectivity index (χ4n) is 2.54. The first-order chi connectivity index (χ1) is 10.3. The Morgan fingerprint density at radius 2 is 2.10 bits per heavy atom. The Morgan fingerprint density at radius 3 is 2.76 bits per heavy atom. The van der Waals surface area contributed by atoms with E-state index >= 15 is 0 Å². The summed E-state index contributed by atoms with van der Waals surface area (Å²) in [5.41, 5.74) is 1.53. The van der Waals surface area contributed by atoms with E-state index in [1.807, 2.05) is 6.07 Å². The number of methoxy groups -OCH3 is 2. The maximum absolute atomic E-state index is 9.07. The van der Waals surface area contributed by atoms with Gasteiger partial charge in [-0.1, -0.05) is 5.16 Å². The molecule has 1 atom stereocenters. The third-order valence-electron chi connectivity index (χ3n) is 3.48. The highest BCUT2D eigenvalue weighted by Crippen LogP contribution is 2.49. The van der Waals surface area contributed by atoms with Gasteiger partial charge in [0.25, 0.3) is 0 Å². The Kier molecular flexibility index (Phi) is 3.74. The molecule has 0 spiro atoms. The van der Waals surface area contributed by atoms with Crippen LogP contribution in [0.15, 0.2) is 11.2 Å². The monoisotopic (exact) mass is 295 g/mol. The predicted octanol–water partition coefficient (Wildman–Crippen LogP) is 1.11. The van der Waals surface area contributed by atoms with Crippen LogP contribution in [0.1, 0.15) is 12.0 Å². The van der Waals surface area contributed by atoms with Gasteiger partial charge in [0.15, 0.2) is 11.5 Å². The Bertz CT molecular complexity index is 571. The Hall–Kier alpha value is -2.15. The molecule has 0 aliphatic carbocycles. The first-order valence-corrected chi connectivity index (χ1v) is 6.62. The molecule has 21 heavy (non-hydrogen) atoms. The molecule has 0 saturated carbocycles. The molecular formula is C14H17NO6. The Morgan fingerprint density at radius 1 is 1.29 bits per heavy atom. The van der Waals surface area contributed by atoms with Crippen molar-refractivity contribution in [2.75, 3.05) is 27.6 Å². The highest BCUT2D eigenvalue weighted by Gasteiger charge is 2.29. The molecule has 2 heterocycles. The van der Waals surface area contributed by atoms with Gasteiger partial charge in [0.05, 0.1) is 26.5 Å². The number of rotatable bonds is 5. The van der Waals surface area contributed by atoms with E-state index < -0.39 is 0 Å². The molecule has 0 radical (unpaired) electrons. The zero-order chi connectivity index (χ0) is 14.8. The van der Waals surface area contributed by atoms with E-state index in [1.165, 1.54) is 0 Å². The van der Waals surface area contributed by atoms with E-state index in [0.29, 0.717) is 41.6 Å². The standard InChI is InChI=1S/C14H17NO6/c1-17-12-8(3-10-5-9(6-16)15-21-10)4-11-13(14(12)18-2)20-7-19-11/h4,10,16H,3,5-7H2,1-2H3/t10-/m0/s1. The lowest BCUT2D eigenvalue weighted by Crippen LogP contribution is -2.13. The SMILES string of the molecule is COc1c(C[C@H]2CC(CO)=NO2)cc2c(c1OC)OCO2. The Labute approximate surface area is 122 Å². The maximum atomic E-state index is 9.07. The lowest BCUT2D eigenvalue weighted by atomic mass is 10.0. The van der Waals surface area contributed by atoms with Gasteiger partial charge < -0.3 is 28.9 Å². The summed E-state index contributed by atoms with van der Waals surface area (Å²) in [5.74, 6) is 2.30. The van der Waals surface area contributed by atoms with Crippen LogP contribution < -0.4 is 18.9 Å². The fourth-order valence-corrected chi connectivity index (χ4v) is 2.54. The number of benzene rings is 1. The minimum absolute atomic E-state index is 0.0852. The van der Waals surface area contributed by atoms with Crippen molar-refractivity contribution in [3.8, 4) is 23.0 Å². The van der Waals surface area contributed by atoms with Gasteiger partial charge >= 0.3 is 0 Å². The van der Waals surface area contributed by atoms with Crippen LogP contribution in [0, 0.1) is 0 Å². The van der Waals surface area contributed by atoms with E-state index in [-0.39, 0.29) is 19.5 Å². The second-order valence-corrected chi connectivity index (χ2v) is 4.79. The molecule has 0 aromatic heterocycles. The number of hydrogen-bond acceptors (Lipinski definition) is 7. The molecule has 1 aromatic rings. The van der Waals surface area contributed by atoms with Crippen LogP contribution in [-0.2, 0) is 11.3 Å². The number of aliphatic hydroxyl groups is 1. The van der Waals surface area contributed by atoms with Crippen molar-refractivity contribution in [2.24, 2.45) is 5.16 Å². The first kappa shape index (κ1) is 13.8. The van der Waals surface area contributed by atoms with Gasteiger partial charge in [0.2, 0.25) is 18.3 Å². The summed E-state index contributed by atoms with van der Waals surface area (Å²) in [6.07, 6.45) is 1.03. The number of oxime groups is 1. The van der Waals surface area contributed by atoms with E-state index in [9.17, 15) is 0 Å². The topological polar surface area (TPSA) is 78.7 Å². The van der Waals surface area contributed by atoms with Crippen molar-refractivity contribution in [3.63, 3.8) is 0 Å². The van der Waals surface area contributed by atoms with Crippen LogP contribution in [-0.4, -0.2) is 44.5 Å². The largest absolute Gasteiger partial charge is 0.492 e. The molecule has 0 saturated heterocycles. The van der Waals surface area contributed by atoms with Crippen LogP contribution in [0.2, 0.25) is 0 Å². The summed E-state index contributed by atoms with van der Waals surface area (Å²) in [4.78, 5) is 5.31. The smallest absolute Gasteiger partial charge is 0.231 e. The number of ether oxygens (including phenoxy) is 4. The number of hydrogen-bond donors (Lipinski definition) is 1. The first-order valence-electron chi connectivity index (χ1n) is 6.62. The second kappa shape index (κ2) is 5.69. The van der Waals surface area contributed by atoms with E-state index in [1.54, 1.807) is 14.2 Å². The minimum atomic E-state index is -0.133. The van der Waals surface area contributed by atoms with Gasteiger partial charge in [-0.15, -0.1) is 0 Å². The van der Waals surface area contributed by atoms with Crippen molar-refractivity contribution in [1.29, 1.82) is 0 Å². The summed E-state index contributed by atoms with van der Waals surface area (Å²) in [7, 11) is 3.14. The molecule has 0 amide bonds. The third kappa shape index (κ3) is 2.44. The lowest BCUT2D eigenvalue weighted by Gasteiger charge is -2.16. The van der Waals surface area contributed by atoms with Crippen molar-refractivity contribution in [2.45, 2.75) is 18.9 Å². The molecule has 0 fully saturated rings. The number of nitrogens with zero attached hydrogens (tertiary/aromatic N) is 1. The fraction of sp³-hybridized carbons (Fsp3) is 0.500. The zero-order valence-corrected chi connectivity index (χ0v) is 11.9. The summed E-state index contributed by atoms with van der Waals surface area (Å²) >= 11 is 0. The van der Waals surface area contributed by atoms with E-state index in [2.05, 4.69) is 5.16 Å². The molecule has 3 rings (SSSR count). The van der Waals surface area contributed by atoms with Crippen LogP contribution >= 0.6 is 0 Å². The van der Waals surface area contributed by atoms with Crippen LogP contribution in [0.4, 0.5) is 0 Å². The molecule has 0 unspecified atom stereocenters. The quantitative estimate of drug-likeness (QED) is 0.876. The molecule has 2 aliphatic heterocycles. The van der Waals surface area contributed by atoms with Gasteiger partial charge in [-0.3, -0.25) is 0 Å². The molecule has 114 valence electrons. The Balaban J connectivity index is 1.88. The van der Waals surface area contributed by atoms with Gasteiger partial charge in [-0.05, 0) is 6.07 Å². The highest BCUT2D eigenvalue weighted by atomic mass is 16.7. The van der Waals surface area contributed by atoms with Gasteiger partial charge in [-0.2, -0.15) is 0 Å². The van der Waals surface area contributed by atoms with Crippen molar-refractivity contribution < 1.29 is 28.9 Å². The number of aliphatic hydroxyl groups excluding tert-OH is 1. The van der Waals surface area contributed by atoms with Crippen LogP contribution in [0.3, 0.4) is 0 Å². The normalized spacial score (nSPS) is 19.2. The second-order valence-electron chi connectivity index (χ2n) is 4.79. The molecule has 0 bridgehead atoms. The highest BCUT2D eigenvalue weighted by molar-refractivity contribution is 5.86. The molecule has 7 heteroatoms. The van der Waals surface area contributed by atoms with Crippen molar-refractivity contribution in [1.82, 2.24) is 0 Å².